The highest BCUT2D eigenvalue weighted by atomic mass is 32.2. The van der Waals surface area contributed by atoms with E-state index in [9.17, 15) is 4.79 Å². The molecular formula is C12H15N2O3S+. The number of rotatable bonds is 3. The summed E-state index contributed by atoms with van der Waals surface area (Å²) in [5.41, 5.74) is 6.70. The van der Waals surface area contributed by atoms with Crippen molar-refractivity contribution in [3.05, 3.63) is 24.3 Å². The number of amidine groups is 1. The van der Waals surface area contributed by atoms with Gasteiger partial charge in [-0.15, -0.1) is 0 Å². The Morgan fingerprint density at radius 3 is 2.78 bits per heavy atom. The van der Waals surface area contributed by atoms with Crippen LogP contribution in [0.3, 0.4) is 0 Å². The number of hydrogen-bond acceptors (Lipinski definition) is 4. The van der Waals surface area contributed by atoms with Crippen LogP contribution in [0.5, 0.6) is 5.75 Å². The van der Waals surface area contributed by atoms with E-state index < -0.39 is 0 Å². The summed E-state index contributed by atoms with van der Waals surface area (Å²) < 4.78 is 9.94. The first kappa shape index (κ1) is 12.8. The van der Waals surface area contributed by atoms with Gasteiger partial charge in [0.1, 0.15) is 16.7 Å². The number of hydrogen-bond donors (Lipinski definition) is 2. The van der Waals surface area contributed by atoms with Crippen LogP contribution in [0.2, 0.25) is 0 Å². The van der Waals surface area contributed by atoms with Crippen LogP contribution in [-0.4, -0.2) is 30.1 Å². The van der Waals surface area contributed by atoms with Gasteiger partial charge < -0.3 is 9.47 Å². The maximum Gasteiger partial charge on any atom is 0.319 e. The zero-order chi connectivity index (χ0) is 13.0. The number of nitrogens with one attached hydrogen (secondary N) is 1. The lowest BCUT2D eigenvalue weighted by Gasteiger charge is -2.01. The summed E-state index contributed by atoms with van der Waals surface area (Å²) >= 11 is 1.30. The van der Waals surface area contributed by atoms with Gasteiger partial charge in [0.05, 0.1) is 13.7 Å². The molecule has 1 fully saturated rings. The van der Waals surface area contributed by atoms with Crippen LogP contribution in [-0.2, 0) is 9.53 Å². The minimum atomic E-state index is -0.198. The van der Waals surface area contributed by atoms with E-state index in [4.69, 9.17) is 15.2 Å². The van der Waals surface area contributed by atoms with Crippen molar-refractivity contribution in [3.8, 4) is 5.75 Å². The number of esters is 1. The first-order chi connectivity index (χ1) is 8.69. The summed E-state index contributed by atoms with van der Waals surface area (Å²) in [6, 6.07) is 7.40. The Bertz CT molecular complexity index is 459. The molecular weight excluding hydrogens is 252 g/mol. The van der Waals surface area contributed by atoms with Gasteiger partial charge in [-0.1, -0.05) is 0 Å². The third-order valence-electron chi connectivity index (χ3n) is 2.51. The summed E-state index contributed by atoms with van der Waals surface area (Å²) in [5.74, 6) is 0.589. The highest BCUT2D eigenvalue weighted by Gasteiger charge is 2.29. The quantitative estimate of drug-likeness (QED) is 0.449. The van der Waals surface area contributed by atoms with E-state index in [-0.39, 0.29) is 11.2 Å². The number of carbonyl (C=O) groups excluding carboxylic acids is 1. The topological polar surface area (TPSA) is 75.5 Å². The van der Waals surface area contributed by atoms with E-state index in [1.54, 1.807) is 7.11 Å². The average Bonchev–Trinajstić information content (AvgIpc) is 2.76. The third kappa shape index (κ3) is 3.16. The van der Waals surface area contributed by atoms with Crippen LogP contribution in [0.4, 0.5) is 5.69 Å². The molecule has 5 nitrogen and oxygen atoms in total. The van der Waals surface area contributed by atoms with Gasteiger partial charge in [-0.2, -0.15) is 0 Å². The Hall–Kier alpha value is -1.69. The van der Waals surface area contributed by atoms with Crippen molar-refractivity contribution in [3.63, 3.8) is 0 Å². The molecule has 96 valence electrons. The van der Waals surface area contributed by atoms with E-state index in [0.717, 1.165) is 11.4 Å². The standard InChI is InChI=1S/C12H14N2O3S/c1-16-9-4-2-8(3-5-9)14-12(13)18-10-6-7-17-11(10)15/h2-5,10H,6-7H2,1H3,(H2,13,14)/p+1. The minimum absolute atomic E-state index is 0.195. The molecule has 1 aliphatic heterocycles. The molecule has 1 aliphatic rings. The largest absolute Gasteiger partial charge is 0.497 e. The Labute approximate surface area is 109 Å². The molecule has 18 heavy (non-hydrogen) atoms. The normalized spacial score (nSPS) is 19.7. The van der Waals surface area contributed by atoms with Crippen molar-refractivity contribution < 1.29 is 19.3 Å². The number of carbonyl (C=O) groups is 1. The first-order valence-corrected chi connectivity index (χ1v) is 6.44. The average molecular weight is 267 g/mol. The van der Waals surface area contributed by atoms with Crippen LogP contribution in [0.15, 0.2) is 24.3 Å². The maximum atomic E-state index is 11.3. The summed E-state index contributed by atoms with van der Waals surface area (Å²) in [6.07, 6.45) is 0.703. The van der Waals surface area contributed by atoms with Gasteiger partial charge in [-0.05, 0) is 36.0 Å². The zero-order valence-corrected chi connectivity index (χ0v) is 10.8. The molecule has 0 aromatic heterocycles. The van der Waals surface area contributed by atoms with Gasteiger partial charge in [0, 0.05) is 6.42 Å². The zero-order valence-electron chi connectivity index (χ0n) is 10.0. The molecule has 0 aliphatic carbocycles. The number of benzene rings is 1. The second kappa shape index (κ2) is 5.77. The van der Waals surface area contributed by atoms with E-state index in [2.05, 4.69) is 4.99 Å². The summed E-state index contributed by atoms with van der Waals surface area (Å²) in [7, 11) is 1.62. The lowest BCUT2D eigenvalue weighted by Crippen LogP contribution is -2.68. The molecule has 6 heteroatoms. The molecule has 1 saturated heterocycles. The number of nitrogens with two attached hydrogens (primary N) is 1. The summed E-state index contributed by atoms with van der Waals surface area (Å²) in [6.45, 7) is 0.478. The van der Waals surface area contributed by atoms with Crippen molar-refractivity contribution in [2.45, 2.75) is 11.7 Å². The van der Waals surface area contributed by atoms with Gasteiger partial charge in [-0.3, -0.25) is 10.5 Å². The van der Waals surface area contributed by atoms with Gasteiger partial charge in [-0.25, -0.2) is 4.99 Å². The Morgan fingerprint density at radius 1 is 1.50 bits per heavy atom. The fraction of sp³-hybridized carbons (Fsp3) is 0.333. The third-order valence-corrected chi connectivity index (χ3v) is 3.58. The van der Waals surface area contributed by atoms with E-state index in [1.165, 1.54) is 11.8 Å². The molecule has 3 N–H and O–H groups in total. The number of cyclic esters (lactones) is 1. The monoisotopic (exact) mass is 267 g/mol. The second-order valence-electron chi connectivity index (χ2n) is 3.78. The van der Waals surface area contributed by atoms with Crippen molar-refractivity contribution in [1.82, 2.24) is 0 Å². The molecule has 0 bridgehead atoms. The molecule has 1 heterocycles. The number of ether oxygens (including phenoxy) is 2. The Balaban J connectivity index is 2.00. The van der Waals surface area contributed by atoms with Gasteiger partial charge in [0.2, 0.25) is 0 Å². The molecule has 1 aromatic rings. The smallest absolute Gasteiger partial charge is 0.319 e. The lowest BCUT2D eigenvalue weighted by molar-refractivity contribution is -0.351. The van der Waals surface area contributed by atoms with Crippen LogP contribution < -0.4 is 15.5 Å². The molecule has 0 radical (unpaired) electrons. The SMILES string of the molecule is COc1ccc([NH+]=C(N)SC2CCOC2=O)cc1. The fourth-order valence-electron chi connectivity index (χ4n) is 1.58. The van der Waals surface area contributed by atoms with Crippen LogP contribution >= 0.6 is 11.8 Å². The van der Waals surface area contributed by atoms with Gasteiger partial charge >= 0.3 is 11.1 Å². The Kier molecular flexibility index (Phi) is 4.09. The molecule has 1 atom stereocenters. The predicted molar refractivity (Wildman–Crippen MR) is 69.8 cm³/mol. The van der Waals surface area contributed by atoms with Crippen LogP contribution in [0.25, 0.3) is 0 Å². The second-order valence-corrected chi connectivity index (χ2v) is 5.02. The van der Waals surface area contributed by atoms with E-state index in [1.807, 2.05) is 24.3 Å². The molecule has 1 aromatic carbocycles. The van der Waals surface area contributed by atoms with Gasteiger partial charge in [0.25, 0.3) is 0 Å². The Morgan fingerprint density at radius 2 is 2.22 bits per heavy atom. The number of thioether (sulfide) groups is 1. The highest BCUT2D eigenvalue weighted by Crippen LogP contribution is 2.20. The van der Waals surface area contributed by atoms with Crippen molar-refractivity contribution >= 4 is 28.6 Å². The molecule has 2 rings (SSSR count). The maximum absolute atomic E-state index is 11.3. The van der Waals surface area contributed by atoms with Crippen molar-refractivity contribution in [1.29, 1.82) is 0 Å². The van der Waals surface area contributed by atoms with Crippen molar-refractivity contribution in [2.24, 2.45) is 5.73 Å². The fourth-order valence-corrected chi connectivity index (χ4v) is 2.45. The minimum Gasteiger partial charge on any atom is -0.497 e. The molecule has 1 unspecified atom stereocenters. The molecule has 0 spiro atoms. The first-order valence-electron chi connectivity index (χ1n) is 5.56. The van der Waals surface area contributed by atoms with Crippen LogP contribution in [0.1, 0.15) is 6.42 Å². The van der Waals surface area contributed by atoms with E-state index in [0.29, 0.717) is 18.2 Å². The summed E-state index contributed by atoms with van der Waals surface area (Å²) in [5, 5.41) is 0.291. The van der Waals surface area contributed by atoms with Crippen LogP contribution in [0, 0.1) is 0 Å². The molecule has 0 saturated carbocycles. The van der Waals surface area contributed by atoms with Crippen molar-refractivity contribution in [2.75, 3.05) is 13.7 Å². The highest BCUT2D eigenvalue weighted by molar-refractivity contribution is 8.14. The summed E-state index contributed by atoms with van der Waals surface area (Å²) in [4.78, 5) is 14.3. The molecule has 0 amide bonds. The number of methoxy groups -OCH3 is 1. The predicted octanol–water partition coefficient (Wildman–Crippen LogP) is -0.229. The lowest BCUT2D eigenvalue weighted by atomic mass is 10.3. The van der Waals surface area contributed by atoms with E-state index >= 15 is 0 Å². The van der Waals surface area contributed by atoms with Gasteiger partial charge in [0.15, 0.2) is 0 Å².